The van der Waals surface area contributed by atoms with Gasteiger partial charge in [-0.25, -0.2) is 4.79 Å². The van der Waals surface area contributed by atoms with E-state index >= 15 is 0 Å². The number of hydrogen-bond donors (Lipinski definition) is 2. The minimum Gasteiger partial charge on any atom is -0.444 e. The molecule has 0 aromatic heterocycles. The van der Waals surface area contributed by atoms with Crippen molar-refractivity contribution in [2.45, 2.75) is 84.9 Å². The maximum Gasteiger partial charge on any atom is 0.407 e. The van der Waals surface area contributed by atoms with Crippen LogP contribution in [0.4, 0.5) is 4.79 Å². The highest BCUT2D eigenvalue weighted by atomic mass is 16.6. The fourth-order valence-corrected chi connectivity index (χ4v) is 2.54. The van der Waals surface area contributed by atoms with Crippen molar-refractivity contribution in [1.29, 1.82) is 0 Å². The van der Waals surface area contributed by atoms with Crippen molar-refractivity contribution in [2.75, 3.05) is 6.54 Å². The summed E-state index contributed by atoms with van der Waals surface area (Å²) in [4.78, 5) is 11.6. The van der Waals surface area contributed by atoms with E-state index in [-0.39, 0.29) is 6.09 Å². The molecule has 0 aliphatic rings. The molecule has 1 rings (SSSR count). The van der Waals surface area contributed by atoms with Crippen molar-refractivity contribution in [1.82, 2.24) is 10.6 Å². The monoisotopic (exact) mass is 348 g/mol. The van der Waals surface area contributed by atoms with Gasteiger partial charge in [0.15, 0.2) is 0 Å². The van der Waals surface area contributed by atoms with Crippen LogP contribution in [-0.4, -0.2) is 24.3 Å². The molecule has 0 aliphatic heterocycles. The summed E-state index contributed by atoms with van der Waals surface area (Å²) in [5.74, 6) is 0. The largest absolute Gasteiger partial charge is 0.444 e. The molecule has 25 heavy (non-hydrogen) atoms. The van der Waals surface area contributed by atoms with Gasteiger partial charge in [-0.3, -0.25) is 0 Å². The number of alkyl carbamates (subject to hydrolysis) is 1. The van der Waals surface area contributed by atoms with E-state index in [4.69, 9.17) is 4.74 Å². The molecule has 1 aromatic rings. The van der Waals surface area contributed by atoms with Gasteiger partial charge in [0, 0.05) is 19.1 Å². The molecule has 0 heterocycles. The molecular formula is C21H36N2O2. The lowest BCUT2D eigenvalue weighted by Crippen LogP contribution is -2.33. The predicted octanol–water partition coefficient (Wildman–Crippen LogP) is 4.81. The first-order valence-corrected chi connectivity index (χ1v) is 9.58. The van der Waals surface area contributed by atoms with Crippen molar-refractivity contribution in [2.24, 2.45) is 0 Å². The topological polar surface area (TPSA) is 50.4 Å². The highest BCUT2D eigenvalue weighted by Gasteiger charge is 2.15. The zero-order valence-electron chi connectivity index (χ0n) is 16.7. The third-order valence-electron chi connectivity index (χ3n) is 4.00. The van der Waals surface area contributed by atoms with Crippen molar-refractivity contribution >= 4 is 6.09 Å². The maximum atomic E-state index is 11.6. The minimum atomic E-state index is -0.452. The summed E-state index contributed by atoms with van der Waals surface area (Å²) in [6, 6.07) is 9.15. The molecule has 0 bridgehead atoms. The zero-order chi connectivity index (χ0) is 18.7. The highest BCUT2D eigenvalue weighted by Crippen LogP contribution is 2.08. The van der Waals surface area contributed by atoms with E-state index in [9.17, 15) is 4.79 Å². The Labute approximate surface area is 153 Å². The molecule has 1 aromatic carbocycles. The van der Waals surface area contributed by atoms with Crippen LogP contribution < -0.4 is 10.6 Å². The number of unbranched alkanes of at least 4 members (excludes halogenated alkanes) is 2. The van der Waals surface area contributed by atoms with Gasteiger partial charge in [-0.15, -0.1) is 0 Å². The highest BCUT2D eigenvalue weighted by molar-refractivity contribution is 5.67. The summed E-state index contributed by atoms with van der Waals surface area (Å²) >= 11 is 0. The van der Waals surface area contributed by atoms with Crippen LogP contribution >= 0.6 is 0 Å². The number of hydrogen-bond acceptors (Lipinski definition) is 3. The van der Waals surface area contributed by atoms with Crippen molar-refractivity contribution in [3.8, 4) is 0 Å². The Kier molecular flexibility index (Phi) is 9.58. The Morgan fingerprint density at radius 2 is 1.76 bits per heavy atom. The smallest absolute Gasteiger partial charge is 0.407 e. The molecule has 0 saturated heterocycles. The number of nitrogens with one attached hydrogen (secondary N) is 2. The van der Waals surface area contributed by atoms with Gasteiger partial charge in [0.1, 0.15) is 5.60 Å². The second-order valence-corrected chi connectivity index (χ2v) is 7.77. The predicted molar refractivity (Wildman–Crippen MR) is 105 cm³/mol. The van der Waals surface area contributed by atoms with E-state index in [1.54, 1.807) is 0 Å². The Morgan fingerprint density at radius 1 is 1.12 bits per heavy atom. The van der Waals surface area contributed by atoms with Gasteiger partial charge in [-0.05, 0) is 51.7 Å². The molecule has 1 unspecified atom stereocenters. The molecule has 4 heteroatoms. The Bertz CT molecular complexity index is 492. The number of rotatable bonds is 10. The number of carbonyl (C=O) groups is 1. The Balaban J connectivity index is 2.26. The first-order valence-electron chi connectivity index (χ1n) is 9.58. The van der Waals surface area contributed by atoms with Crippen LogP contribution in [0.25, 0.3) is 0 Å². The number of carbonyl (C=O) groups excluding carboxylic acids is 1. The van der Waals surface area contributed by atoms with Crippen LogP contribution in [0.3, 0.4) is 0 Å². The van der Waals surface area contributed by atoms with Crippen LogP contribution in [0, 0.1) is 0 Å². The zero-order valence-corrected chi connectivity index (χ0v) is 16.7. The first-order chi connectivity index (χ1) is 11.8. The van der Waals surface area contributed by atoms with E-state index in [0.29, 0.717) is 12.6 Å². The lowest BCUT2D eigenvalue weighted by atomic mass is 10.1. The van der Waals surface area contributed by atoms with Crippen LogP contribution in [-0.2, 0) is 17.7 Å². The average molecular weight is 349 g/mol. The van der Waals surface area contributed by atoms with Crippen molar-refractivity contribution in [3.05, 3.63) is 35.4 Å². The van der Waals surface area contributed by atoms with E-state index in [1.807, 2.05) is 20.8 Å². The quantitative estimate of drug-likeness (QED) is 0.596. The van der Waals surface area contributed by atoms with Gasteiger partial charge in [0.25, 0.3) is 0 Å². The van der Waals surface area contributed by atoms with Gasteiger partial charge in [-0.1, -0.05) is 50.5 Å². The molecule has 142 valence electrons. The van der Waals surface area contributed by atoms with E-state index in [1.165, 1.54) is 36.8 Å². The summed E-state index contributed by atoms with van der Waals surface area (Å²) in [6.07, 6.45) is 5.58. The fraction of sp³-hybridized carbons (Fsp3) is 0.667. The van der Waals surface area contributed by atoms with E-state index in [2.05, 4.69) is 48.7 Å². The lowest BCUT2D eigenvalue weighted by molar-refractivity contribution is 0.0528. The molecule has 2 N–H and O–H groups in total. The summed E-state index contributed by atoms with van der Waals surface area (Å²) in [5.41, 5.74) is 2.06. The molecule has 1 atom stereocenters. The molecule has 4 nitrogen and oxygen atoms in total. The average Bonchev–Trinajstić information content (AvgIpc) is 2.52. The van der Waals surface area contributed by atoms with Crippen LogP contribution in [0.5, 0.6) is 0 Å². The van der Waals surface area contributed by atoms with Gasteiger partial charge in [0.2, 0.25) is 0 Å². The van der Waals surface area contributed by atoms with Gasteiger partial charge >= 0.3 is 6.09 Å². The van der Waals surface area contributed by atoms with Crippen LogP contribution in [0.15, 0.2) is 24.3 Å². The van der Waals surface area contributed by atoms with Crippen LogP contribution in [0.2, 0.25) is 0 Å². The molecule has 0 aliphatic carbocycles. The first kappa shape index (κ1) is 21.5. The number of benzene rings is 1. The summed E-state index contributed by atoms with van der Waals surface area (Å²) in [7, 11) is 0. The summed E-state index contributed by atoms with van der Waals surface area (Å²) < 4.78 is 5.23. The number of amides is 1. The molecule has 0 fully saturated rings. The number of ether oxygens (including phenoxy) is 1. The fourth-order valence-electron chi connectivity index (χ4n) is 2.54. The van der Waals surface area contributed by atoms with Crippen molar-refractivity contribution in [3.63, 3.8) is 0 Å². The summed E-state index contributed by atoms with van der Waals surface area (Å²) in [6.45, 7) is 11.6. The Hall–Kier alpha value is -1.55. The van der Waals surface area contributed by atoms with Gasteiger partial charge < -0.3 is 15.4 Å². The molecule has 1 amide bonds. The normalized spacial score (nSPS) is 12.7. The second kappa shape index (κ2) is 11.1. The molecular weight excluding hydrogens is 312 g/mol. The lowest BCUT2D eigenvalue weighted by Gasteiger charge is -2.19. The molecule has 0 radical (unpaired) electrons. The summed E-state index contributed by atoms with van der Waals surface area (Å²) in [5, 5.41) is 6.38. The van der Waals surface area contributed by atoms with E-state index < -0.39 is 5.60 Å². The van der Waals surface area contributed by atoms with Gasteiger partial charge in [0.05, 0.1) is 0 Å². The van der Waals surface area contributed by atoms with E-state index in [0.717, 1.165) is 13.0 Å². The standard InChI is InChI=1S/C21H36N2O2/c1-6-7-8-9-17(2)23-16-19-12-10-18(11-13-19)14-15-22-20(24)25-21(3,4)5/h10-13,17,23H,6-9,14-16H2,1-5H3,(H,22,24). The van der Waals surface area contributed by atoms with Crippen molar-refractivity contribution < 1.29 is 9.53 Å². The SMILES string of the molecule is CCCCCC(C)NCc1ccc(CCNC(=O)OC(C)(C)C)cc1. The van der Waals surface area contributed by atoms with Gasteiger partial charge in [-0.2, -0.15) is 0 Å². The minimum absolute atomic E-state index is 0.356. The Morgan fingerprint density at radius 3 is 2.36 bits per heavy atom. The molecule has 0 saturated carbocycles. The van der Waals surface area contributed by atoms with Crippen LogP contribution in [0.1, 0.15) is 71.4 Å². The second-order valence-electron chi connectivity index (χ2n) is 7.77. The molecule has 0 spiro atoms. The third-order valence-corrected chi connectivity index (χ3v) is 4.00. The third kappa shape index (κ3) is 10.8. The maximum absolute atomic E-state index is 11.6.